The van der Waals surface area contributed by atoms with E-state index in [0.717, 1.165) is 6.54 Å². The van der Waals surface area contributed by atoms with Gasteiger partial charge in [0.15, 0.2) is 0 Å². The Balaban J connectivity index is 2.48. The number of piperazine rings is 1. The monoisotopic (exact) mass is 222 g/mol. The molecule has 14 heavy (non-hydrogen) atoms. The van der Waals surface area contributed by atoms with E-state index in [9.17, 15) is 8.42 Å². The standard InChI is InChI=1S/C8H18N2O3S/c1-7(2)8-5-10(4-3-9-8)6-14(11,12)13/h7-9H,3-6H2,1-2H3,(H,11,12,13). The summed E-state index contributed by atoms with van der Waals surface area (Å²) in [5.41, 5.74) is 0. The second-order valence-electron chi connectivity index (χ2n) is 4.09. The van der Waals surface area contributed by atoms with Crippen molar-refractivity contribution in [2.75, 3.05) is 25.5 Å². The lowest BCUT2D eigenvalue weighted by molar-refractivity contribution is 0.194. The van der Waals surface area contributed by atoms with Crippen LogP contribution in [0, 0.1) is 5.92 Å². The lowest BCUT2D eigenvalue weighted by atomic mass is 10.0. The third-order valence-corrected chi connectivity index (χ3v) is 3.13. The van der Waals surface area contributed by atoms with Gasteiger partial charge in [0.2, 0.25) is 0 Å². The summed E-state index contributed by atoms with van der Waals surface area (Å²) in [6.07, 6.45) is 0. The topological polar surface area (TPSA) is 69.6 Å². The molecule has 0 aromatic rings. The normalized spacial score (nSPS) is 25.6. The molecule has 1 unspecified atom stereocenters. The van der Waals surface area contributed by atoms with Crippen molar-refractivity contribution in [1.82, 2.24) is 10.2 Å². The van der Waals surface area contributed by atoms with Gasteiger partial charge in [0.1, 0.15) is 5.88 Å². The van der Waals surface area contributed by atoms with E-state index in [1.165, 1.54) is 0 Å². The SMILES string of the molecule is CC(C)C1CN(CS(=O)(=O)O)CCN1. The summed E-state index contributed by atoms with van der Waals surface area (Å²) in [6.45, 7) is 6.31. The van der Waals surface area contributed by atoms with Crippen molar-refractivity contribution < 1.29 is 13.0 Å². The van der Waals surface area contributed by atoms with E-state index in [1.54, 1.807) is 4.90 Å². The molecule has 0 aromatic heterocycles. The fraction of sp³-hybridized carbons (Fsp3) is 1.00. The predicted octanol–water partition coefficient (Wildman–Crippen LogP) is -0.238. The van der Waals surface area contributed by atoms with Gasteiger partial charge in [-0.25, -0.2) is 0 Å². The molecule has 1 aliphatic heterocycles. The highest BCUT2D eigenvalue weighted by molar-refractivity contribution is 7.85. The van der Waals surface area contributed by atoms with Crippen molar-refractivity contribution >= 4 is 10.1 Å². The van der Waals surface area contributed by atoms with Gasteiger partial charge in [0.25, 0.3) is 10.1 Å². The van der Waals surface area contributed by atoms with Crippen molar-refractivity contribution in [1.29, 1.82) is 0 Å². The van der Waals surface area contributed by atoms with E-state index >= 15 is 0 Å². The highest BCUT2D eigenvalue weighted by atomic mass is 32.2. The third-order valence-electron chi connectivity index (χ3n) is 2.44. The molecule has 0 aliphatic carbocycles. The molecule has 0 saturated carbocycles. The molecule has 1 aliphatic rings. The summed E-state index contributed by atoms with van der Waals surface area (Å²) < 4.78 is 30.0. The molecule has 2 N–H and O–H groups in total. The second-order valence-corrected chi connectivity index (χ2v) is 5.51. The summed E-state index contributed by atoms with van der Waals surface area (Å²) in [6, 6.07) is 0.311. The van der Waals surface area contributed by atoms with E-state index in [4.69, 9.17) is 4.55 Å². The molecule has 84 valence electrons. The van der Waals surface area contributed by atoms with Gasteiger partial charge in [-0.05, 0) is 5.92 Å². The molecular formula is C8H18N2O3S. The van der Waals surface area contributed by atoms with E-state index in [-0.39, 0.29) is 5.88 Å². The minimum atomic E-state index is -3.87. The smallest absolute Gasteiger partial charge is 0.278 e. The molecule has 1 rings (SSSR count). The third kappa shape index (κ3) is 3.91. The molecular weight excluding hydrogens is 204 g/mol. The quantitative estimate of drug-likeness (QED) is 0.645. The molecule has 0 bridgehead atoms. The molecule has 0 spiro atoms. The van der Waals surface area contributed by atoms with Crippen LogP contribution in [-0.2, 0) is 10.1 Å². The first-order valence-electron chi connectivity index (χ1n) is 4.79. The number of hydrogen-bond acceptors (Lipinski definition) is 4. The Morgan fingerprint density at radius 2 is 2.21 bits per heavy atom. The first-order chi connectivity index (χ1) is 6.38. The van der Waals surface area contributed by atoms with Crippen LogP contribution < -0.4 is 5.32 Å². The van der Waals surface area contributed by atoms with E-state index in [1.807, 2.05) is 0 Å². The minimum absolute atomic E-state index is 0.252. The molecule has 6 heteroatoms. The summed E-state index contributed by atoms with van der Waals surface area (Å²) in [5, 5.41) is 3.32. The Bertz CT molecular complexity index is 276. The van der Waals surface area contributed by atoms with Crippen molar-refractivity contribution in [2.24, 2.45) is 5.92 Å². The fourth-order valence-corrected chi connectivity index (χ4v) is 2.33. The Labute approximate surface area is 85.2 Å². The van der Waals surface area contributed by atoms with Crippen LogP contribution >= 0.6 is 0 Å². The maximum Gasteiger partial charge on any atom is 0.278 e. The van der Waals surface area contributed by atoms with Gasteiger partial charge >= 0.3 is 0 Å². The van der Waals surface area contributed by atoms with Crippen LogP contribution in [0.2, 0.25) is 0 Å². The molecule has 0 amide bonds. The first-order valence-corrected chi connectivity index (χ1v) is 6.40. The molecule has 1 saturated heterocycles. The highest BCUT2D eigenvalue weighted by Gasteiger charge is 2.24. The molecule has 5 nitrogen and oxygen atoms in total. The molecule has 0 aromatic carbocycles. The summed E-state index contributed by atoms with van der Waals surface area (Å²) in [4.78, 5) is 1.76. The zero-order valence-electron chi connectivity index (χ0n) is 8.60. The summed E-state index contributed by atoms with van der Waals surface area (Å²) >= 11 is 0. The van der Waals surface area contributed by atoms with E-state index in [0.29, 0.717) is 25.0 Å². The minimum Gasteiger partial charge on any atom is -0.311 e. The largest absolute Gasteiger partial charge is 0.311 e. The van der Waals surface area contributed by atoms with Crippen LogP contribution in [-0.4, -0.2) is 49.4 Å². The maximum absolute atomic E-state index is 10.7. The van der Waals surface area contributed by atoms with Gasteiger partial charge in [0, 0.05) is 25.7 Å². The van der Waals surface area contributed by atoms with E-state index in [2.05, 4.69) is 19.2 Å². The van der Waals surface area contributed by atoms with Crippen LogP contribution in [0.25, 0.3) is 0 Å². The van der Waals surface area contributed by atoms with Crippen molar-refractivity contribution in [2.45, 2.75) is 19.9 Å². The maximum atomic E-state index is 10.7. The fourth-order valence-electron chi connectivity index (χ4n) is 1.64. The lowest BCUT2D eigenvalue weighted by Crippen LogP contribution is -2.53. The average molecular weight is 222 g/mol. The van der Waals surface area contributed by atoms with Crippen LogP contribution in [0.3, 0.4) is 0 Å². The number of rotatable bonds is 3. The number of nitrogens with zero attached hydrogens (tertiary/aromatic N) is 1. The Morgan fingerprint density at radius 3 is 2.71 bits per heavy atom. The van der Waals surface area contributed by atoms with Gasteiger partial charge in [-0.2, -0.15) is 8.42 Å². The van der Waals surface area contributed by atoms with Gasteiger partial charge in [-0.15, -0.1) is 0 Å². The molecule has 1 atom stereocenters. The Morgan fingerprint density at radius 1 is 1.57 bits per heavy atom. The average Bonchev–Trinajstić information content (AvgIpc) is 2.01. The highest BCUT2D eigenvalue weighted by Crippen LogP contribution is 2.08. The zero-order valence-corrected chi connectivity index (χ0v) is 9.42. The Kier molecular flexibility index (Phi) is 3.88. The van der Waals surface area contributed by atoms with Crippen LogP contribution in [0.15, 0.2) is 0 Å². The summed E-state index contributed by atoms with van der Waals surface area (Å²) in [7, 11) is -3.87. The number of nitrogens with one attached hydrogen (secondary N) is 1. The molecule has 0 radical (unpaired) electrons. The van der Waals surface area contributed by atoms with Crippen LogP contribution in [0.5, 0.6) is 0 Å². The van der Waals surface area contributed by atoms with Crippen LogP contribution in [0.4, 0.5) is 0 Å². The Hall–Kier alpha value is -0.170. The molecule has 1 fully saturated rings. The van der Waals surface area contributed by atoms with Gasteiger partial charge < -0.3 is 5.32 Å². The second kappa shape index (κ2) is 4.57. The van der Waals surface area contributed by atoms with E-state index < -0.39 is 10.1 Å². The predicted molar refractivity (Wildman–Crippen MR) is 54.6 cm³/mol. The van der Waals surface area contributed by atoms with Crippen LogP contribution in [0.1, 0.15) is 13.8 Å². The molecule has 1 heterocycles. The summed E-state index contributed by atoms with van der Waals surface area (Å²) in [5.74, 6) is 0.219. The first kappa shape index (κ1) is 11.9. The van der Waals surface area contributed by atoms with Gasteiger partial charge in [-0.1, -0.05) is 13.8 Å². The van der Waals surface area contributed by atoms with Gasteiger partial charge in [-0.3, -0.25) is 9.45 Å². The number of hydrogen-bond donors (Lipinski definition) is 2. The van der Waals surface area contributed by atoms with Crippen molar-refractivity contribution in [3.63, 3.8) is 0 Å². The van der Waals surface area contributed by atoms with Gasteiger partial charge in [0.05, 0.1) is 0 Å². The zero-order chi connectivity index (χ0) is 10.8. The lowest BCUT2D eigenvalue weighted by Gasteiger charge is -2.34. The van der Waals surface area contributed by atoms with Crippen molar-refractivity contribution in [3.05, 3.63) is 0 Å². The van der Waals surface area contributed by atoms with Crippen molar-refractivity contribution in [3.8, 4) is 0 Å².